The maximum Gasteiger partial charge on any atom is 0.129 e. The number of ether oxygens (including phenoxy) is 1. The minimum atomic E-state index is -0.259. The van der Waals surface area contributed by atoms with Gasteiger partial charge in [0, 0.05) is 11.6 Å². The molecule has 0 heterocycles. The Bertz CT molecular complexity index is 656. The topological polar surface area (TPSA) is 35.2 Å². The lowest BCUT2D eigenvalue weighted by Crippen LogP contribution is -1.97. The van der Waals surface area contributed by atoms with Crippen LogP contribution in [0.15, 0.2) is 42.5 Å². The fraction of sp³-hybridized carbons (Fsp3) is 0.176. The molecule has 0 aliphatic carbocycles. The van der Waals surface area contributed by atoms with Crippen molar-refractivity contribution in [1.29, 1.82) is 0 Å². The first-order valence-corrected chi connectivity index (χ1v) is 6.36. The number of benzene rings is 2. The SMILES string of the molecule is Cc1ccc(OCc2cccc(C#CCN)c2)cc1F. The molecule has 2 rings (SSSR count). The monoisotopic (exact) mass is 269 g/mol. The summed E-state index contributed by atoms with van der Waals surface area (Å²) in [5, 5.41) is 0. The van der Waals surface area contributed by atoms with E-state index < -0.39 is 0 Å². The minimum absolute atomic E-state index is 0.259. The van der Waals surface area contributed by atoms with Crippen LogP contribution in [0.4, 0.5) is 4.39 Å². The van der Waals surface area contributed by atoms with Crippen LogP contribution in [0.2, 0.25) is 0 Å². The van der Waals surface area contributed by atoms with E-state index in [2.05, 4.69) is 11.8 Å². The smallest absolute Gasteiger partial charge is 0.129 e. The van der Waals surface area contributed by atoms with Crippen molar-refractivity contribution in [3.63, 3.8) is 0 Å². The van der Waals surface area contributed by atoms with Gasteiger partial charge < -0.3 is 10.5 Å². The highest BCUT2D eigenvalue weighted by molar-refractivity contribution is 5.37. The molecule has 0 aromatic heterocycles. The number of halogens is 1. The summed E-state index contributed by atoms with van der Waals surface area (Å²) >= 11 is 0. The van der Waals surface area contributed by atoms with Gasteiger partial charge in [0.1, 0.15) is 18.2 Å². The average Bonchev–Trinajstić information content (AvgIpc) is 2.47. The normalized spacial score (nSPS) is 9.75. The molecule has 0 bridgehead atoms. The molecular formula is C17H16FNO. The molecule has 102 valence electrons. The maximum atomic E-state index is 13.4. The Kier molecular flexibility index (Phi) is 4.75. The number of hydrogen-bond acceptors (Lipinski definition) is 2. The van der Waals surface area contributed by atoms with Crippen LogP contribution in [0.3, 0.4) is 0 Å². The summed E-state index contributed by atoms with van der Waals surface area (Å²) in [6.07, 6.45) is 0. The second kappa shape index (κ2) is 6.74. The van der Waals surface area contributed by atoms with Gasteiger partial charge in [-0.3, -0.25) is 0 Å². The third kappa shape index (κ3) is 3.84. The van der Waals surface area contributed by atoms with E-state index in [1.165, 1.54) is 6.07 Å². The van der Waals surface area contributed by atoms with E-state index in [1.54, 1.807) is 19.1 Å². The van der Waals surface area contributed by atoms with Gasteiger partial charge in [-0.15, -0.1) is 0 Å². The molecule has 0 unspecified atom stereocenters. The van der Waals surface area contributed by atoms with Crippen LogP contribution in [0, 0.1) is 24.6 Å². The zero-order valence-corrected chi connectivity index (χ0v) is 11.3. The van der Waals surface area contributed by atoms with Crippen LogP contribution >= 0.6 is 0 Å². The second-order valence-corrected chi connectivity index (χ2v) is 4.41. The van der Waals surface area contributed by atoms with Crippen molar-refractivity contribution < 1.29 is 9.13 Å². The van der Waals surface area contributed by atoms with Crippen molar-refractivity contribution in [2.45, 2.75) is 13.5 Å². The molecule has 0 saturated carbocycles. The molecule has 0 aliphatic rings. The van der Waals surface area contributed by atoms with E-state index in [0.717, 1.165) is 11.1 Å². The van der Waals surface area contributed by atoms with E-state index in [4.69, 9.17) is 10.5 Å². The van der Waals surface area contributed by atoms with Crippen LogP contribution in [0.25, 0.3) is 0 Å². The van der Waals surface area contributed by atoms with Crippen molar-refractivity contribution in [3.8, 4) is 17.6 Å². The Balaban J connectivity index is 2.05. The Labute approximate surface area is 118 Å². The number of rotatable bonds is 3. The summed E-state index contributed by atoms with van der Waals surface area (Å²) in [6, 6.07) is 12.6. The summed E-state index contributed by atoms with van der Waals surface area (Å²) in [4.78, 5) is 0. The molecule has 0 saturated heterocycles. The molecule has 2 nitrogen and oxygen atoms in total. The highest BCUT2D eigenvalue weighted by atomic mass is 19.1. The Morgan fingerprint density at radius 3 is 2.80 bits per heavy atom. The molecule has 20 heavy (non-hydrogen) atoms. The summed E-state index contributed by atoms with van der Waals surface area (Å²) in [7, 11) is 0. The van der Waals surface area contributed by atoms with Crippen LogP contribution < -0.4 is 10.5 Å². The van der Waals surface area contributed by atoms with E-state index in [9.17, 15) is 4.39 Å². The van der Waals surface area contributed by atoms with Gasteiger partial charge in [0.05, 0.1) is 6.54 Å². The molecule has 0 aliphatic heterocycles. The molecule has 2 aromatic rings. The van der Waals surface area contributed by atoms with Gasteiger partial charge in [-0.1, -0.05) is 30.0 Å². The molecule has 0 spiro atoms. The highest BCUT2D eigenvalue weighted by Gasteiger charge is 2.01. The van der Waals surface area contributed by atoms with E-state index in [1.807, 2.05) is 24.3 Å². The molecule has 0 amide bonds. The quantitative estimate of drug-likeness (QED) is 0.869. The maximum absolute atomic E-state index is 13.4. The summed E-state index contributed by atoms with van der Waals surface area (Å²) < 4.78 is 19.0. The van der Waals surface area contributed by atoms with Gasteiger partial charge in [-0.05, 0) is 36.2 Å². The van der Waals surface area contributed by atoms with Crippen molar-refractivity contribution in [3.05, 3.63) is 65.0 Å². The zero-order valence-electron chi connectivity index (χ0n) is 11.3. The lowest BCUT2D eigenvalue weighted by atomic mass is 10.1. The van der Waals surface area contributed by atoms with E-state index in [0.29, 0.717) is 24.5 Å². The van der Waals surface area contributed by atoms with Gasteiger partial charge in [-0.25, -0.2) is 4.39 Å². The Morgan fingerprint density at radius 1 is 1.20 bits per heavy atom. The van der Waals surface area contributed by atoms with Crippen LogP contribution in [-0.2, 0) is 6.61 Å². The summed E-state index contributed by atoms with van der Waals surface area (Å²) in [5.74, 6) is 6.04. The predicted molar refractivity (Wildman–Crippen MR) is 77.8 cm³/mol. The number of aryl methyl sites for hydroxylation is 1. The van der Waals surface area contributed by atoms with Gasteiger partial charge >= 0.3 is 0 Å². The fourth-order valence-corrected chi connectivity index (χ4v) is 1.72. The first-order chi connectivity index (χ1) is 9.69. The summed E-state index contributed by atoms with van der Waals surface area (Å²) in [5.41, 5.74) is 7.83. The van der Waals surface area contributed by atoms with Gasteiger partial charge in [-0.2, -0.15) is 0 Å². The minimum Gasteiger partial charge on any atom is -0.489 e. The molecule has 0 fully saturated rings. The largest absolute Gasteiger partial charge is 0.489 e. The zero-order chi connectivity index (χ0) is 14.4. The molecule has 3 heteroatoms. The standard InChI is InChI=1S/C17H16FNO/c1-13-7-8-16(11-17(13)18)20-12-15-5-2-4-14(10-15)6-3-9-19/h2,4-5,7-8,10-11H,9,12,19H2,1H3. The molecule has 0 atom stereocenters. The van der Waals surface area contributed by atoms with Crippen LogP contribution in [0.5, 0.6) is 5.75 Å². The van der Waals surface area contributed by atoms with Crippen LogP contribution in [-0.4, -0.2) is 6.54 Å². The summed E-state index contributed by atoms with van der Waals surface area (Å²) in [6.45, 7) is 2.43. The van der Waals surface area contributed by atoms with Gasteiger partial charge in [0.25, 0.3) is 0 Å². The van der Waals surface area contributed by atoms with Crippen molar-refractivity contribution in [2.75, 3.05) is 6.54 Å². The molecular weight excluding hydrogens is 253 g/mol. The fourth-order valence-electron chi connectivity index (χ4n) is 1.72. The lowest BCUT2D eigenvalue weighted by molar-refractivity contribution is 0.304. The Morgan fingerprint density at radius 2 is 2.05 bits per heavy atom. The Hall–Kier alpha value is -2.31. The number of nitrogens with two attached hydrogens (primary N) is 1. The van der Waals surface area contributed by atoms with Crippen molar-refractivity contribution in [2.24, 2.45) is 5.73 Å². The van der Waals surface area contributed by atoms with Gasteiger partial charge in [0.2, 0.25) is 0 Å². The average molecular weight is 269 g/mol. The van der Waals surface area contributed by atoms with Gasteiger partial charge in [0.15, 0.2) is 0 Å². The van der Waals surface area contributed by atoms with Crippen molar-refractivity contribution in [1.82, 2.24) is 0 Å². The predicted octanol–water partition coefficient (Wildman–Crippen LogP) is 3.02. The first-order valence-electron chi connectivity index (χ1n) is 6.36. The molecule has 0 radical (unpaired) electrons. The number of hydrogen-bond donors (Lipinski definition) is 1. The highest BCUT2D eigenvalue weighted by Crippen LogP contribution is 2.17. The van der Waals surface area contributed by atoms with Crippen molar-refractivity contribution >= 4 is 0 Å². The second-order valence-electron chi connectivity index (χ2n) is 4.41. The van der Waals surface area contributed by atoms with E-state index >= 15 is 0 Å². The lowest BCUT2D eigenvalue weighted by Gasteiger charge is -2.07. The van der Waals surface area contributed by atoms with E-state index in [-0.39, 0.29) is 5.82 Å². The third-order valence-electron chi connectivity index (χ3n) is 2.81. The molecule has 2 N–H and O–H groups in total. The van der Waals surface area contributed by atoms with Crippen LogP contribution in [0.1, 0.15) is 16.7 Å². The third-order valence-corrected chi connectivity index (χ3v) is 2.81. The molecule has 2 aromatic carbocycles. The first kappa shape index (κ1) is 14.1.